The molecule has 2 saturated heterocycles. The Balaban J connectivity index is 1.57. The normalized spacial score (nSPS) is 24.5. The van der Waals surface area contributed by atoms with E-state index < -0.39 is 14.2 Å². The second-order valence-corrected chi connectivity index (χ2v) is 15.5. The zero-order valence-corrected chi connectivity index (χ0v) is 19.2. The number of halogens is 1. The third-order valence-corrected chi connectivity index (χ3v) is 7.98. The Bertz CT molecular complexity index is 961. The van der Waals surface area contributed by atoms with Gasteiger partial charge in [-0.05, 0) is 37.6 Å². The molecule has 0 spiro atoms. The number of hydrogen-bond acceptors (Lipinski definition) is 5. The fourth-order valence-corrected chi connectivity index (χ4v) is 5.31. The lowest BCUT2D eigenvalue weighted by molar-refractivity contribution is 0.0625. The van der Waals surface area contributed by atoms with Gasteiger partial charge in [-0.3, -0.25) is 9.69 Å². The lowest BCUT2D eigenvalue weighted by Gasteiger charge is -2.31. The largest absolute Gasteiger partial charge is 0.463 e. The molecular weight excluding hydrogens is 401 g/mol. The average Bonchev–Trinajstić information content (AvgIpc) is 3.20. The van der Waals surface area contributed by atoms with Gasteiger partial charge in [0.05, 0.1) is 16.4 Å². The van der Waals surface area contributed by atoms with Crippen LogP contribution in [0.2, 0.25) is 25.7 Å². The summed E-state index contributed by atoms with van der Waals surface area (Å²) >= 11 is 0. The fraction of sp³-hybridized carbons (Fsp3) is 0.636. The van der Waals surface area contributed by atoms with Crippen LogP contribution in [0.4, 0.5) is 4.39 Å². The van der Waals surface area contributed by atoms with Crippen LogP contribution in [0, 0.1) is 0 Å². The first-order valence-corrected chi connectivity index (χ1v) is 14.6. The minimum Gasteiger partial charge on any atom is -0.463 e. The summed E-state index contributed by atoms with van der Waals surface area (Å²) in [6.07, 6.45) is 1.63. The maximum absolute atomic E-state index is 14.1. The number of benzene rings is 1. The fourth-order valence-electron chi connectivity index (χ4n) is 4.55. The molecule has 2 aliphatic heterocycles. The van der Waals surface area contributed by atoms with Crippen LogP contribution in [0.5, 0.6) is 6.01 Å². The van der Waals surface area contributed by atoms with E-state index in [2.05, 4.69) is 29.5 Å². The summed E-state index contributed by atoms with van der Waals surface area (Å²) in [6.45, 7) is 9.31. The van der Waals surface area contributed by atoms with Gasteiger partial charge in [0.15, 0.2) is 0 Å². The van der Waals surface area contributed by atoms with Crippen molar-refractivity contribution < 1.29 is 13.9 Å². The molecule has 6 nitrogen and oxygen atoms in total. The number of aromatic nitrogens is 2. The number of rotatable bonds is 8. The van der Waals surface area contributed by atoms with Crippen molar-refractivity contribution in [2.45, 2.75) is 63.4 Å². The van der Waals surface area contributed by atoms with E-state index in [4.69, 9.17) is 9.47 Å². The van der Waals surface area contributed by atoms with Crippen molar-refractivity contribution in [2.24, 2.45) is 0 Å². The molecule has 0 radical (unpaired) electrons. The summed E-state index contributed by atoms with van der Waals surface area (Å²) in [7, 11) is -1.22. The number of hydrogen-bond donors (Lipinski definition) is 0. The number of nitrogens with zero attached hydrogens (tertiary/aromatic N) is 3. The van der Waals surface area contributed by atoms with Crippen LogP contribution in [0.1, 0.15) is 19.3 Å². The van der Waals surface area contributed by atoms with Crippen LogP contribution >= 0.6 is 0 Å². The van der Waals surface area contributed by atoms with Crippen molar-refractivity contribution in [3.05, 3.63) is 34.6 Å². The van der Waals surface area contributed by atoms with E-state index in [0.717, 1.165) is 25.4 Å². The van der Waals surface area contributed by atoms with E-state index in [-0.39, 0.29) is 23.8 Å². The highest BCUT2D eigenvalue weighted by molar-refractivity contribution is 6.76. The van der Waals surface area contributed by atoms with Gasteiger partial charge in [0.1, 0.15) is 19.5 Å². The minimum absolute atomic E-state index is 0.110. The molecule has 0 aliphatic carbocycles. The Labute approximate surface area is 178 Å². The Morgan fingerprint density at radius 2 is 2.10 bits per heavy atom. The quantitative estimate of drug-likeness (QED) is 0.470. The molecule has 1 aromatic carbocycles. The van der Waals surface area contributed by atoms with Gasteiger partial charge in [-0.25, -0.2) is 8.96 Å². The molecule has 0 amide bonds. The first kappa shape index (κ1) is 21.5. The molecule has 3 heterocycles. The molecule has 0 unspecified atom stereocenters. The van der Waals surface area contributed by atoms with E-state index in [1.165, 1.54) is 4.57 Å². The van der Waals surface area contributed by atoms with Crippen molar-refractivity contribution in [1.82, 2.24) is 14.5 Å². The SMILES string of the molecule is C[Si](C)(C)CCOCn1c(OC[C@@]23CCCN2C[C@H](F)C3)nc2ccccc2c1=O. The van der Waals surface area contributed by atoms with E-state index in [1.54, 1.807) is 6.07 Å². The molecule has 164 valence electrons. The molecule has 0 bridgehead atoms. The molecular formula is C22H32FN3O3Si. The third kappa shape index (κ3) is 4.45. The van der Waals surface area contributed by atoms with Crippen molar-refractivity contribution in [3.8, 4) is 6.01 Å². The summed E-state index contributed by atoms with van der Waals surface area (Å²) in [5.41, 5.74) is 0.150. The van der Waals surface area contributed by atoms with Crippen LogP contribution in [0.3, 0.4) is 0 Å². The Morgan fingerprint density at radius 1 is 1.30 bits per heavy atom. The van der Waals surface area contributed by atoms with E-state index in [9.17, 15) is 9.18 Å². The predicted octanol–water partition coefficient (Wildman–Crippen LogP) is 3.66. The Hall–Kier alpha value is -1.77. The van der Waals surface area contributed by atoms with Gasteiger partial charge in [0.25, 0.3) is 5.56 Å². The molecule has 0 N–H and O–H groups in total. The van der Waals surface area contributed by atoms with Crippen LogP contribution in [-0.2, 0) is 11.5 Å². The third-order valence-electron chi connectivity index (χ3n) is 6.27. The first-order chi connectivity index (χ1) is 14.3. The summed E-state index contributed by atoms with van der Waals surface area (Å²) in [5.74, 6) is 0. The van der Waals surface area contributed by atoms with Gasteiger partial charge >= 0.3 is 6.01 Å². The second-order valence-electron chi connectivity index (χ2n) is 9.86. The lowest BCUT2D eigenvalue weighted by atomic mass is 9.95. The van der Waals surface area contributed by atoms with Gasteiger partial charge in [0.2, 0.25) is 0 Å². The zero-order valence-electron chi connectivity index (χ0n) is 18.2. The highest BCUT2D eigenvalue weighted by Crippen LogP contribution is 2.40. The highest BCUT2D eigenvalue weighted by atomic mass is 28.3. The van der Waals surface area contributed by atoms with Crippen molar-refractivity contribution in [3.63, 3.8) is 0 Å². The molecule has 30 heavy (non-hydrogen) atoms. The maximum Gasteiger partial charge on any atom is 0.301 e. The second kappa shape index (κ2) is 8.40. The predicted molar refractivity (Wildman–Crippen MR) is 119 cm³/mol. The van der Waals surface area contributed by atoms with Crippen molar-refractivity contribution >= 4 is 19.0 Å². The highest BCUT2D eigenvalue weighted by Gasteiger charge is 2.49. The topological polar surface area (TPSA) is 56.6 Å². The molecule has 1 aromatic heterocycles. The molecule has 4 rings (SSSR count). The van der Waals surface area contributed by atoms with Gasteiger partial charge < -0.3 is 9.47 Å². The number of ether oxygens (including phenoxy) is 2. The van der Waals surface area contributed by atoms with E-state index >= 15 is 0 Å². The van der Waals surface area contributed by atoms with Crippen LogP contribution in [-0.4, -0.2) is 60.5 Å². The summed E-state index contributed by atoms with van der Waals surface area (Å²) < 4.78 is 27.5. The van der Waals surface area contributed by atoms with Crippen LogP contribution < -0.4 is 10.3 Å². The molecule has 0 saturated carbocycles. The van der Waals surface area contributed by atoms with Gasteiger partial charge in [-0.2, -0.15) is 4.98 Å². The molecule has 2 aromatic rings. The standard InChI is InChI=1S/C22H32FN3O3Si/c1-30(2,3)12-11-28-16-26-20(27)18-7-4-5-8-19(18)24-21(26)29-15-22-9-6-10-25(22)14-17(23)13-22/h4-5,7-8,17H,6,9-16H2,1-3H3/t17-,22+/m1/s1. The molecule has 8 heteroatoms. The average molecular weight is 434 g/mol. The maximum atomic E-state index is 14.1. The number of para-hydroxylation sites is 1. The van der Waals surface area contributed by atoms with E-state index in [0.29, 0.717) is 37.1 Å². The summed E-state index contributed by atoms with van der Waals surface area (Å²) in [4.78, 5) is 19.9. The summed E-state index contributed by atoms with van der Waals surface area (Å²) in [5, 5.41) is 0.545. The van der Waals surface area contributed by atoms with Gasteiger partial charge in [-0.15, -0.1) is 0 Å². The monoisotopic (exact) mass is 433 g/mol. The molecule has 2 atom stereocenters. The summed E-state index contributed by atoms with van der Waals surface area (Å²) in [6, 6.07) is 8.56. The molecule has 2 aliphatic rings. The minimum atomic E-state index is -1.22. The van der Waals surface area contributed by atoms with Gasteiger partial charge in [-0.1, -0.05) is 31.8 Å². The Morgan fingerprint density at radius 3 is 2.90 bits per heavy atom. The zero-order chi connectivity index (χ0) is 21.4. The molecule has 2 fully saturated rings. The van der Waals surface area contributed by atoms with Crippen molar-refractivity contribution in [1.29, 1.82) is 0 Å². The first-order valence-electron chi connectivity index (χ1n) is 10.9. The van der Waals surface area contributed by atoms with Crippen LogP contribution in [0.15, 0.2) is 29.1 Å². The number of fused-ring (bicyclic) bond motifs is 2. The van der Waals surface area contributed by atoms with Crippen molar-refractivity contribution in [2.75, 3.05) is 26.3 Å². The lowest BCUT2D eigenvalue weighted by Crippen LogP contribution is -2.44. The van der Waals surface area contributed by atoms with Gasteiger partial charge in [0, 0.05) is 27.6 Å². The van der Waals surface area contributed by atoms with Crippen LogP contribution in [0.25, 0.3) is 10.9 Å². The Kier molecular flexibility index (Phi) is 6.01. The number of alkyl halides is 1. The smallest absolute Gasteiger partial charge is 0.301 e. The van der Waals surface area contributed by atoms with E-state index in [1.807, 2.05) is 18.2 Å².